The number of carbonyl (C=O) groups is 1. The minimum atomic E-state index is -0.933. The lowest BCUT2D eigenvalue weighted by Gasteiger charge is -2.09. The third kappa shape index (κ3) is 2.51. The summed E-state index contributed by atoms with van der Waals surface area (Å²) in [4.78, 5) is 10.8. The lowest BCUT2D eigenvalue weighted by atomic mass is 10.2. The normalized spacial score (nSPS) is 10.3. The van der Waals surface area contributed by atoms with Crippen LogP contribution >= 0.6 is 15.9 Å². The lowest BCUT2D eigenvalue weighted by Crippen LogP contribution is -2.08. The van der Waals surface area contributed by atoms with E-state index in [1.54, 1.807) is 25.3 Å². The number of carboxylic acids is 1. The molecule has 0 saturated heterocycles. The molecule has 0 spiro atoms. The van der Waals surface area contributed by atoms with Gasteiger partial charge in [0.1, 0.15) is 5.75 Å². The van der Waals surface area contributed by atoms with E-state index >= 15 is 0 Å². The molecule has 18 heavy (non-hydrogen) atoms. The standard InChI is InChI=1S/C11H10BrN3O3/c1-18-8-2-3-9(12)10(5-8)15-7(4-11(16)17)6-13-14-15/h2-3,5-6H,4H2,1H3,(H,16,17). The van der Waals surface area contributed by atoms with Gasteiger partial charge in [-0.2, -0.15) is 0 Å². The number of ether oxygens (including phenoxy) is 1. The first-order valence-electron chi connectivity index (χ1n) is 5.07. The molecule has 0 aliphatic heterocycles. The molecule has 0 aliphatic rings. The van der Waals surface area contributed by atoms with Gasteiger partial charge in [-0.1, -0.05) is 5.21 Å². The van der Waals surface area contributed by atoms with Crippen LogP contribution in [0, 0.1) is 0 Å². The number of methoxy groups -OCH3 is 1. The van der Waals surface area contributed by atoms with E-state index in [0.29, 0.717) is 17.1 Å². The fourth-order valence-electron chi connectivity index (χ4n) is 1.52. The molecule has 0 atom stereocenters. The molecule has 0 fully saturated rings. The molecule has 1 aromatic carbocycles. The average Bonchev–Trinajstić information content (AvgIpc) is 2.77. The van der Waals surface area contributed by atoms with Gasteiger partial charge in [-0.15, -0.1) is 5.10 Å². The highest BCUT2D eigenvalue weighted by molar-refractivity contribution is 9.10. The number of halogens is 1. The van der Waals surface area contributed by atoms with Gasteiger partial charge in [0.05, 0.1) is 31.1 Å². The van der Waals surface area contributed by atoms with Crippen molar-refractivity contribution in [3.05, 3.63) is 34.6 Å². The van der Waals surface area contributed by atoms with Crippen molar-refractivity contribution in [3.8, 4) is 11.4 Å². The first-order valence-corrected chi connectivity index (χ1v) is 5.86. The van der Waals surface area contributed by atoms with Crippen molar-refractivity contribution in [1.82, 2.24) is 15.0 Å². The van der Waals surface area contributed by atoms with E-state index < -0.39 is 5.97 Å². The van der Waals surface area contributed by atoms with Crippen molar-refractivity contribution in [2.45, 2.75) is 6.42 Å². The van der Waals surface area contributed by atoms with Gasteiger partial charge in [-0.05, 0) is 28.1 Å². The Kier molecular flexibility index (Phi) is 3.61. The molecule has 0 amide bonds. The Bertz CT molecular complexity index is 583. The summed E-state index contributed by atoms with van der Waals surface area (Å²) in [5.74, 6) is -0.275. The van der Waals surface area contributed by atoms with Crippen molar-refractivity contribution in [2.75, 3.05) is 7.11 Å². The van der Waals surface area contributed by atoms with Crippen LogP contribution in [0.15, 0.2) is 28.9 Å². The molecule has 1 aromatic heterocycles. The van der Waals surface area contributed by atoms with Crippen LogP contribution in [-0.2, 0) is 11.2 Å². The van der Waals surface area contributed by atoms with Gasteiger partial charge in [0, 0.05) is 10.5 Å². The third-order valence-electron chi connectivity index (χ3n) is 2.33. The molecular formula is C11H10BrN3O3. The highest BCUT2D eigenvalue weighted by Gasteiger charge is 2.13. The minimum absolute atomic E-state index is 0.142. The molecule has 94 valence electrons. The van der Waals surface area contributed by atoms with Gasteiger partial charge >= 0.3 is 5.97 Å². The fourth-order valence-corrected chi connectivity index (χ4v) is 1.93. The smallest absolute Gasteiger partial charge is 0.309 e. The maximum absolute atomic E-state index is 10.8. The van der Waals surface area contributed by atoms with Crippen molar-refractivity contribution in [2.24, 2.45) is 0 Å². The SMILES string of the molecule is COc1ccc(Br)c(-n2nncc2CC(=O)O)c1. The summed E-state index contributed by atoms with van der Waals surface area (Å²) < 4.78 is 7.38. The van der Waals surface area contributed by atoms with Gasteiger partial charge in [0.15, 0.2) is 0 Å². The van der Waals surface area contributed by atoms with E-state index in [1.807, 2.05) is 0 Å². The van der Waals surface area contributed by atoms with E-state index in [9.17, 15) is 4.79 Å². The van der Waals surface area contributed by atoms with Crippen LogP contribution in [-0.4, -0.2) is 33.2 Å². The number of carboxylic acid groups (broad SMARTS) is 1. The second kappa shape index (κ2) is 5.18. The first kappa shape index (κ1) is 12.6. The molecule has 0 radical (unpaired) electrons. The summed E-state index contributed by atoms with van der Waals surface area (Å²) in [6, 6.07) is 5.35. The largest absolute Gasteiger partial charge is 0.497 e. The maximum atomic E-state index is 10.8. The summed E-state index contributed by atoms with van der Waals surface area (Å²) >= 11 is 3.39. The Labute approximate surface area is 111 Å². The number of rotatable bonds is 4. The summed E-state index contributed by atoms with van der Waals surface area (Å²) in [7, 11) is 1.56. The minimum Gasteiger partial charge on any atom is -0.497 e. The summed E-state index contributed by atoms with van der Waals surface area (Å²) in [6.45, 7) is 0. The van der Waals surface area contributed by atoms with E-state index in [4.69, 9.17) is 9.84 Å². The summed E-state index contributed by atoms with van der Waals surface area (Å²) in [5.41, 5.74) is 1.18. The topological polar surface area (TPSA) is 77.2 Å². The first-order chi connectivity index (χ1) is 8.61. The third-order valence-corrected chi connectivity index (χ3v) is 3.00. The van der Waals surface area contributed by atoms with Crippen molar-refractivity contribution >= 4 is 21.9 Å². The van der Waals surface area contributed by atoms with E-state index in [-0.39, 0.29) is 6.42 Å². The van der Waals surface area contributed by atoms with E-state index in [0.717, 1.165) is 4.47 Å². The van der Waals surface area contributed by atoms with Gasteiger partial charge < -0.3 is 9.84 Å². The zero-order valence-electron chi connectivity index (χ0n) is 9.50. The zero-order chi connectivity index (χ0) is 13.1. The second-order valence-corrected chi connectivity index (χ2v) is 4.38. The number of hydrogen-bond donors (Lipinski definition) is 1. The van der Waals surface area contributed by atoms with Crippen molar-refractivity contribution < 1.29 is 14.6 Å². The Morgan fingerprint density at radius 1 is 1.56 bits per heavy atom. The Morgan fingerprint density at radius 3 is 3.00 bits per heavy atom. The van der Waals surface area contributed by atoms with Crippen LogP contribution in [0.4, 0.5) is 0 Å². The van der Waals surface area contributed by atoms with Crippen LogP contribution in [0.25, 0.3) is 5.69 Å². The molecule has 7 heteroatoms. The molecule has 2 aromatic rings. The molecule has 1 N–H and O–H groups in total. The molecule has 1 heterocycles. The molecule has 0 saturated carbocycles. The zero-order valence-corrected chi connectivity index (χ0v) is 11.1. The fraction of sp³-hybridized carbons (Fsp3) is 0.182. The summed E-state index contributed by atoms with van der Waals surface area (Å²) in [5, 5.41) is 16.5. The highest BCUT2D eigenvalue weighted by Crippen LogP contribution is 2.26. The number of hydrogen-bond acceptors (Lipinski definition) is 4. The van der Waals surface area contributed by atoms with Gasteiger partial charge in [-0.3, -0.25) is 4.79 Å². The average molecular weight is 312 g/mol. The predicted molar refractivity (Wildman–Crippen MR) is 67.0 cm³/mol. The predicted octanol–water partition coefficient (Wildman–Crippen LogP) is 1.67. The van der Waals surface area contributed by atoms with E-state index in [1.165, 1.54) is 10.9 Å². The van der Waals surface area contributed by atoms with Crippen LogP contribution in [0.2, 0.25) is 0 Å². The maximum Gasteiger partial charge on any atom is 0.309 e. The lowest BCUT2D eigenvalue weighted by molar-refractivity contribution is -0.136. The molecule has 6 nitrogen and oxygen atoms in total. The van der Waals surface area contributed by atoms with Gasteiger partial charge in [-0.25, -0.2) is 4.68 Å². The number of benzene rings is 1. The van der Waals surface area contributed by atoms with E-state index in [2.05, 4.69) is 26.2 Å². The van der Waals surface area contributed by atoms with Crippen LogP contribution in [0.1, 0.15) is 5.69 Å². The van der Waals surface area contributed by atoms with Gasteiger partial charge in [0.2, 0.25) is 0 Å². The molecular weight excluding hydrogens is 302 g/mol. The Hall–Kier alpha value is -1.89. The Morgan fingerprint density at radius 2 is 2.33 bits per heavy atom. The quantitative estimate of drug-likeness (QED) is 0.929. The highest BCUT2D eigenvalue weighted by atomic mass is 79.9. The second-order valence-electron chi connectivity index (χ2n) is 3.53. The van der Waals surface area contributed by atoms with Gasteiger partial charge in [0.25, 0.3) is 0 Å². The van der Waals surface area contributed by atoms with Crippen LogP contribution in [0.5, 0.6) is 5.75 Å². The Balaban J connectivity index is 2.48. The monoisotopic (exact) mass is 311 g/mol. The van der Waals surface area contributed by atoms with Crippen molar-refractivity contribution in [3.63, 3.8) is 0 Å². The van der Waals surface area contributed by atoms with Crippen molar-refractivity contribution in [1.29, 1.82) is 0 Å². The van der Waals surface area contributed by atoms with Crippen LogP contribution < -0.4 is 4.74 Å². The molecule has 0 bridgehead atoms. The number of aliphatic carboxylic acids is 1. The molecule has 2 rings (SSSR count). The summed E-state index contributed by atoms with van der Waals surface area (Å²) in [6.07, 6.45) is 1.29. The molecule has 0 aliphatic carbocycles. The number of nitrogens with zero attached hydrogens (tertiary/aromatic N) is 3. The number of aromatic nitrogens is 3. The molecule has 0 unspecified atom stereocenters. The van der Waals surface area contributed by atoms with Crippen LogP contribution in [0.3, 0.4) is 0 Å².